The maximum Gasteiger partial charge on any atom is 3.00 e. The molecule has 0 saturated carbocycles. The minimum Gasteiger partial charge on any atom is -1.00 e. The fraction of sp³-hybridized carbons (Fsp3) is 0.118. The van der Waals surface area contributed by atoms with E-state index in [1.165, 1.54) is 54.3 Å². The first-order valence-electron chi connectivity index (χ1n) is 12.4. The average molecular weight is 628 g/mol. The second-order valence-corrected chi connectivity index (χ2v) is 15.5. The molecule has 0 saturated heterocycles. The summed E-state index contributed by atoms with van der Waals surface area (Å²) in [7, 11) is -1.40. The Morgan fingerprint density at radius 2 is 1.26 bits per heavy atom. The van der Waals surface area contributed by atoms with Gasteiger partial charge in [0.05, 0.1) is 8.07 Å². The van der Waals surface area contributed by atoms with Crippen molar-refractivity contribution in [2.45, 2.75) is 26.1 Å². The van der Waals surface area contributed by atoms with Crippen molar-refractivity contribution in [2.75, 3.05) is 0 Å². The van der Waals surface area contributed by atoms with Gasteiger partial charge < -0.3 is 24.8 Å². The maximum atomic E-state index is 3.81. The summed E-state index contributed by atoms with van der Waals surface area (Å²) >= 11 is 0. The van der Waals surface area contributed by atoms with Gasteiger partial charge in [-0.1, -0.05) is 139 Å². The van der Waals surface area contributed by atoms with E-state index in [2.05, 4.69) is 135 Å². The third-order valence-corrected chi connectivity index (χ3v) is 9.22. The van der Waals surface area contributed by atoms with Crippen LogP contribution >= 0.6 is 0 Å². The van der Waals surface area contributed by atoms with Gasteiger partial charge in [-0.15, -0.1) is 33.4 Å². The van der Waals surface area contributed by atoms with E-state index in [1.54, 1.807) is 5.20 Å². The Labute approximate surface area is 258 Å². The molecule has 0 bridgehead atoms. The molecule has 38 heavy (non-hydrogen) atoms. The average Bonchev–Trinajstić information content (AvgIpc) is 3.51. The molecular formula is C34H29Cl2SiZr. The van der Waals surface area contributed by atoms with Crippen LogP contribution in [0.15, 0.2) is 114 Å². The topological polar surface area (TPSA) is 0 Å². The van der Waals surface area contributed by atoms with Crippen LogP contribution in [-0.2, 0) is 26.2 Å². The molecule has 0 unspecified atom stereocenters. The Kier molecular flexibility index (Phi) is 9.82. The van der Waals surface area contributed by atoms with Crippen LogP contribution < -0.4 is 35.3 Å². The molecule has 4 heteroatoms. The fourth-order valence-corrected chi connectivity index (χ4v) is 6.69. The van der Waals surface area contributed by atoms with Gasteiger partial charge in [-0.25, -0.2) is 0 Å². The fourth-order valence-electron chi connectivity index (χ4n) is 5.37. The van der Waals surface area contributed by atoms with Gasteiger partial charge in [-0.2, -0.15) is 0 Å². The molecule has 0 N–H and O–H groups in total. The molecule has 0 spiro atoms. The van der Waals surface area contributed by atoms with Gasteiger partial charge in [-0.3, -0.25) is 0 Å². The molecule has 0 fully saturated rings. The molecule has 4 aromatic rings. The Morgan fingerprint density at radius 1 is 0.684 bits per heavy atom. The number of hydrogen-bond donors (Lipinski definition) is 0. The zero-order valence-corrected chi connectivity index (χ0v) is 26.8. The van der Waals surface area contributed by atoms with E-state index in [1.807, 2.05) is 0 Å². The smallest absolute Gasteiger partial charge is 1.00 e. The van der Waals surface area contributed by atoms with Gasteiger partial charge in [0, 0.05) is 0 Å². The van der Waals surface area contributed by atoms with E-state index in [-0.39, 0.29) is 51.0 Å². The number of rotatable bonds is 4. The first-order valence-corrected chi connectivity index (χ1v) is 15.9. The van der Waals surface area contributed by atoms with Crippen LogP contribution in [-0.4, -0.2) is 8.07 Å². The summed E-state index contributed by atoms with van der Waals surface area (Å²) in [5.74, 6) is 0. The Balaban J connectivity index is 0.00000133. The molecule has 0 heterocycles. The molecule has 6 rings (SSSR count). The quantitative estimate of drug-likeness (QED) is 0.205. The molecule has 0 amide bonds. The van der Waals surface area contributed by atoms with E-state index >= 15 is 0 Å². The SMILES string of the molecule is C[Si](C)(C)C1=CCC(c2c3c(ccc2=C(c2ccccc2)c2ccccc2)=c2ccccc2=[C-]3)=C1.[Cl-].[Cl-].[Zr+3]. The molecule has 0 aromatic heterocycles. The van der Waals surface area contributed by atoms with E-state index < -0.39 is 8.07 Å². The minimum absolute atomic E-state index is 0. The minimum atomic E-state index is -1.40. The Morgan fingerprint density at radius 3 is 1.84 bits per heavy atom. The Bertz CT molecular complexity index is 1690. The largest absolute Gasteiger partial charge is 3.00 e. The first kappa shape index (κ1) is 30.3. The van der Waals surface area contributed by atoms with Crippen molar-refractivity contribution >= 4 is 25.3 Å². The van der Waals surface area contributed by atoms with E-state index in [9.17, 15) is 0 Å². The summed E-state index contributed by atoms with van der Waals surface area (Å²) in [6, 6.07) is 35.0. The maximum absolute atomic E-state index is 3.81. The molecule has 2 aliphatic carbocycles. The number of benzene rings is 4. The summed E-state index contributed by atoms with van der Waals surface area (Å²) in [6.45, 7) is 7.32. The van der Waals surface area contributed by atoms with Crippen LogP contribution in [0.3, 0.4) is 0 Å². The summed E-state index contributed by atoms with van der Waals surface area (Å²) in [6.07, 6.45) is 9.75. The number of hydrogen-bond acceptors (Lipinski definition) is 0. The number of halogens is 2. The van der Waals surface area contributed by atoms with Gasteiger partial charge in [0.25, 0.3) is 0 Å². The van der Waals surface area contributed by atoms with Gasteiger partial charge in [-0.05, 0) is 28.3 Å². The number of allylic oxidation sites excluding steroid dienone is 4. The van der Waals surface area contributed by atoms with Crippen molar-refractivity contribution in [1.29, 1.82) is 0 Å². The monoisotopic (exact) mass is 625 g/mol. The third kappa shape index (κ3) is 5.56. The second-order valence-electron chi connectivity index (χ2n) is 10.5. The summed E-state index contributed by atoms with van der Waals surface area (Å²) in [4.78, 5) is 0. The van der Waals surface area contributed by atoms with Crippen LogP contribution in [0.2, 0.25) is 19.6 Å². The van der Waals surface area contributed by atoms with Crippen molar-refractivity contribution in [3.05, 3.63) is 158 Å². The molecule has 187 valence electrons. The van der Waals surface area contributed by atoms with Crippen molar-refractivity contribution < 1.29 is 51.0 Å². The van der Waals surface area contributed by atoms with Crippen molar-refractivity contribution in [1.82, 2.24) is 0 Å². The zero-order chi connectivity index (χ0) is 24.0. The van der Waals surface area contributed by atoms with Gasteiger partial charge in [0.2, 0.25) is 0 Å². The first-order chi connectivity index (χ1) is 17.0. The van der Waals surface area contributed by atoms with E-state index in [0.29, 0.717) is 0 Å². The summed E-state index contributed by atoms with van der Waals surface area (Å²) in [5, 5.41) is 6.61. The molecule has 4 aromatic carbocycles. The molecule has 2 aliphatic rings. The van der Waals surface area contributed by atoms with Crippen LogP contribution in [0.1, 0.15) is 28.7 Å². The number of fused-ring (bicyclic) bond motifs is 2. The zero-order valence-electron chi connectivity index (χ0n) is 21.9. The van der Waals surface area contributed by atoms with Crippen LogP contribution in [0.5, 0.6) is 0 Å². The van der Waals surface area contributed by atoms with Crippen molar-refractivity contribution in [2.24, 2.45) is 0 Å². The van der Waals surface area contributed by atoms with Crippen molar-refractivity contribution in [3.63, 3.8) is 0 Å². The standard InChI is InChI=1S/C34H29Si.2ClH.Zr/c1-35(2,3)28-19-18-27(22-28)34-31(21-20-30-29-17-11-10-16-26(29)23-32(30)34)33(24-12-6-4-7-13-24)25-14-8-5-9-15-25;;;/h4-17,19-22H,18H2,1-3H3;2*1H;/q-1;;;+3/p-2. The van der Waals surface area contributed by atoms with E-state index in [0.717, 1.165) is 6.42 Å². The predicted molar refractivity (Wildman–Crippen MR) is 151 cm³/mol. The normalized spacial score (nSPS) is 12.9. The summed E-state index contributed by atoms with van der Waals surface area (Å²) < 4.78 is 0. The molecule has 0 aliphatic heterocycles. The second kappa shape index (κ2) is 12.3. The molecule has 0 nitrogen and oxygen atoms in total. The van der Waals surface area contributed by atoms with Crippen LogP contribution in [0.25, 0.3) is 17.2 Å². The van der Waals surface area contributed by atoms with Gasteiger partial charge in [0.15, 0.2) is 0 Å². The summed E-state index contributed by atoms with van der Waals surface area (Å²) in [5.41, 5.74) is 7.76. The third-order valence-electron chi connectivity index (χ3n) is 7.14. The van der Waals surface area contributed by atoms with Crippen molar-refractivity contribution in [3.8, 4) is 0 Å². The molecule has 0 atom stereocenters. The van der Waals surface area contributed by atoms with Gasteiger partial charge >= 0.3 is 26.2 Å². The molecule has 1 radical (unpaired) electrons. The van der Waals surface area contributed by atoms with Crippen LogP contribution in [0, 0.1) is 10.4 Å². The molecular weight excluding hydrogens is 599 g/mol. The van der Waals surface area contributed by atoms with E-state index in [4.69, 9.17) is 0 Å². The predicted octanol–water partition coefficient (Wildman–Crippen LogP) is 0.836. The van der Waals surface area contributed by atoms with Crippen LogP contribution in [0.4, 0.5) is 0 Å². The van der Waals surface area contributed by atoms with Gasteiger partial charge in [0.1, 0.15) is 0 Å². The Hall–Kier alpha value is -2.22.